The zero-order chi connectivity index (χ0) is 20.0. The largest absolute Gasteiger partial charge is 0.490 e. The molecule has 9 nitrogen and oxygen atoms in total. The van der Waals surface area contributed by atoms with E-state index >= 15 is 0 Å². The number of nitrogens with one attached hydrogen (secondary N) is 1. The molecule has 154 valence electrons. The van der Waals surface area contributed by atoms with Gasteiger partial charge in [0.15, 0.2) is 5.82 Å². The highest BCUT2D eigenvalue weighted by Gasteiger charge is 2.39. The molecule has 5 rings (SSSR count). The smallest absolute Gasteiger partial charge is 0.322 e. The summed E-state index contributed by atoms with van der Waals surface area (Å²) in [5.41, 5.74) is 1.68. The van der Waals surface area contributed by atoms with E-state index in [0.717, 1.165) is 36.6 Å². The highest BCUT2D eigenvalue weighted by Crippen LogP contribution is 2.39. The van der Waals surface area contributed by atoms with Crippen LogP contribution in [-0.4, -0.2) is 60.5 Å². The Morgan fingerprint density at radius 2 is 2.10 bits per heavy atom. The summed E-state index contributed by atoms with van der Waals surface area (Å²) < 4.78 is 17.0. The van der Waals surface area contributed by atoms with E-state index in [2.05, 4.69) is 20.4 Å². The van der Waals surface area contributed by atoms with Crippen LogP contribution in [0.2, 0.25) is 0 Å². The van der Waals surface area contributed by atoms with Crippen molar-refractivity contribution in [1.29, 1.82) is 0 Å². The molecule has 2 amide bonds. The second-order valence-corrected chi connectivity index (χ2v) is 7.86. The average molecular weight is 399 g/mol. The number of hydrogen-bond donors (Lipinski definition) is 1. The molecule has 29 heavy (non-hydrogen) atoms. The first-order valence-electron chi connectivity index (χ1n) is 10.1. The molecular formula is C20H25N5O4. The Balaban J connectivity index is 1.36. The van der Waals surface area contributed by atoms with Crippen LogP contribution in [0.25, 0.3) is 0 Å². The number of amides is 2. The lowest BCUT2D eigenvalue weighted by molar-refractivity contribution is -0.0525. The number of aromatic nitrogens is 2. The molecule has 1 saturated carbocycles. The Labute approximate surface area is 168 Å². The molecule has 2 fully saturated rings. The van der Waals surface area contributed by atoms with Gasteiger partial charge in [0.1, 0.15) is 18.4 Å². The van der Waals surface area contributed by atoms with Crippen LogP contribution in [-0.2, 0) is 4.74 Å². The molecule has 1 aromatic heterocycles. The van der Waals surface area contributed by atoms with E-state index in [1.807, 2.05) is 32.2 Å². The van der Waals surface area contributed by atoms with Crippen molar-refractivity contribution >= 4 is 17.4 Å². The van der Waals surface area contributed by atoms with Crippen LogP contribution >= 0.6 is 0 Å². The van der Waals surface area contributed by atoms with Crippen LogP contribution in [0.1, 0.15) is 43.4 Å². The lowest BCUT2D eigenvalue weighted by Gasteiger charge is -2.37. The maximum atomic E-state index is 13.1. The van der Waals surface area contributed by atoms with Gasteiger partial charge in [-0.3, -0.25) is 0 Å². The van der Waals surface area contributed by atoms with E-state index in [1.165, 1.54) is 0 Å². The number of benzene rings is 1. The number of nitrogens with zero attached hydrogens (tertiary/aromatic N) is 4. The molecule has 0 radical (unpaired) electrons. The summed E-state index contributed by atoms with van der Waals surface area (Å²) in [5.74, 6) is 2.39. The molecule has 1 aliphatic carbocycles. The van der Waals surface area contributed by atoms with Crippen molar-refractivity contribution < 1.29 is 18.8 Å². The molecule has 2 aromatic rings. The fourth-order valence-corrected chi connectivity index (χ4v) is 3.88. The van der Waals surface area contributed by atoms with Gasteiger partial charge in [0.05, 0.1) is 24.9 Å². The molecule has 1 aromatic carbocycles. The Morgan fingerprint density at radius 1 is 1.24 bits per heavy atom. The fourth-order valence-electron chi connectivity index (χ4n) is 3.88. The maximum absolute atomic E-state index is 13.1. The molecule has 0 spiro atoms. The van der Waals surface area contributed by atoms with Gasteiger partial charge < -0.3 is 29.1 Å². The number of fused-ring (bicyclic) bond motifs is 1. The third-order valence-corrected chi connectivity index (χ3v) is 5.71. The summed E-state index contributed by atoms with van der Waals surface area (Å²) in [6.07, 6.45) is 1.96. The van der Waals surface area contributed by atoms with Gasteiger partial charge in [-0.1, -0.05) is 5.16 Å². The molecule has 3 heterocycles. The molecule has 9 heteroatoms. The summed E-state index contributed by atoms with van der Waals surface area (Å²) >= 11 is 0. The van der Waals surface area contributed by atoms with E-state index in [-0.39, 0.29) is 12.1 Å². The Kier molecular flexibility index (Phi) is 4.54. The SMILES string of the molecule is C[C@H]1OCCN(C(=O)Nc2ccc3c(c2)N(C)CCO3)[C@@H]1c1nc(C2CC2)no1. The van der Waals surface area contributed by atoms with Crippen LogP contribution in [0, 0.1) is 0 Å². The third kappa shape index (κ3) is 3.50. The molecule has 1 saturated heterocycles. The quantitative estimate of drug-likeness (QED) is 0.848. The van der Waals surface area contributed by atoms with E-state index < -0.39 is 6.04 Å². The first kappa shape index (κ1) is 18.2. The molecule has 0 unspecified atom stereocenters. The van der Waals surface area contributed by atoms with Crippen molar-refractivity contribution in [2.24, 2.45) is 0 Å². The minimum atomic E-state index is -0.410. The van der Waals surface area contributed by atoms with E-state index in [1.54, 1.807) is 4.90 Å². The van der Waals surface area contributed by atoms with Gasteiger partial charge in [0, 0.05) is 25.2 Å². The number of ether oxygens (including phenoxy) is 2. The van der Waals surface area contributed by atoms with Crippen molar-refractivity contribution in [3.63, 3.8) is 0 Å². The Hall–Kier alpha value is -2.81. The number of urea groups is 1. The van der Waals surface area contributed by atoms with Gasteiger partial charge in [0.25, 0.3) is 5.89 Å². The standard InChI is InChI=1S/C20H25N5O4/c1-12-17(19-22-18(23-29-19)13-3-4-13)25(8-10-27-12)20(26)21-14-5-6-16-15(11-14)24(2)7-9-28-16/h5-6,11-13,17H,3-4,7-10H2,1-2H3,(H,21,26)/t12-,17+/m1/s1. The highest BCUT2D eigenvalue weighted by atomic mass is 16.5. The van der Waals surface area contributed by atoms with Crippen LogP contribution in [0.5, 0.6) is 5.75 Å². The zero-order valence-corrected chi connectivity index (χ0v) is 16.6. The summed E-state index contributed by atoms with van der Waals surface area (Å²) in [6.45, 7) is 4.32. The van der Waals surface area contributed by atoms with Gasteiger partial charge in [0.2, 0.25) is 0 Å². The number of carbonyl (C=O) groups is 1. The van der Waals surface area contributed by atoms with Crippen molar-refractivity contribution in [2.45, 2.75) is 37.8 Å². The highest BCUT2D eigenvalue weighted by molar-refractivity contribution is 5.90. The lowest BCUT2D eigenvalue weighted by Crippen LogP contribution is -2.49. The lowest BCUT2D eigenvalue weighted by atomic mass is 10.1. The minimum Gasteiger partial charge on any atom is -0.490 e. The first-order valence-corrected chi connectivity index (χ1v) is 10.1. The van der Waals surface area contributed by atoms with Gasteiger partial charge >= 0.3 is 6.03 Å². The van der Waals surface area contributed by atoms with Crippen LogP contribution in [0.4, 0.5) is 16.2 Å². The van der Waals surface area contributed by atoms with E-state index in [0.29, 0.717) is 37.3 Å². The van der Waals surface area contributed by atoms with Crippen molar-refractivity contribution in [3.8, 4) is 5.75 Å². The van der Waals surface area contributed by atoms with E-state index in [4.69, 9.17) is 14.0 Å². The number of rotatable bonds is 3. The van der Waals surface area contributed by atoms with Crippen molar-refractivity contribution in [2.75, 3.05) is 43.6 Å². The normalized spacial score (nSPS) is 24.1. The van der Waals surface area contributed by atoms with Gasteiger partial charge in [-0.2, -0.15) is 4.98 Å². The summed E-state index contributed by atoms with van der Waals surface area (Å²) in [5, 5.41) is 7.11. The summed E-state index contributed by atoms with van der Waals surface area (Å²) in [7, 11) is 2.01. The number of carbonyl (C=O) groups excluding carboxylic acids is 1. The summed E-state index contributed by atoms with van der Waals surface area (Å²) in [6, 6.07) is 5.05. The third-order valence-electron chi connectivity index (χ3n) is 5.71. The second-order valence-electron chi connectivity index (χ2n) is 7.86. The van der Waals surface area contributed by atoms with Crippen LogP contribution in [0.3, 0.4) is 0 Å². The Bertz CT molecular complexity index is 912. The monoisotopic (exact) mass is 399 g/mol. The van der Waals surface area contributed by atoms with Crippen LogP contribution < -0.4 is 15.0 Å². The van der Waals surface area contributed by atoms with Gasteiger partial charge in [-0.15, -0.1) is 0 Å². The topological polar surface area (TPSA) is 93.0 Å². The number of hydrogen-bond acceptors (Lipinski definition) is 7. The zero-order valence-electron chi connectivity index (χ0n) is 16.6. The first-order chi connectivity index (χ1) is 14.1. The van der Waals surface area contributed by atoms with Gasteiger partial charge in [-0.05, 0) is 38.0 Å². The number of anilines is 2. The average Bonchev–Trinajstić information content (AvgIpc) is 3.46. The molecule has 2 aliphatic heterocycles. The van der Waals surface area contributed by atoms with Crippen LogP contribution in [0.15, 0.2) is 22.7 Å². The summed E-state index contributed by atoms with van der Waals surface area (Å²) in [4.78, 5) is 21.5. The minimum absolute atomic E-state index is 0.212. The maximum Gasteiger partial charge on any atom is 0.322 e. The molecule has 1 N–H and O–H groups in total. The van der Waals surface area contributed by atoms with Crippen molar-refractivity contribution in [3.05, 3.63) is 29.9 Å². The molecule has 3 aliphatic rings. The predicted octanol–water partition coefficient (Wildman–Crippen LogP) is 2.77. The van der Waals surface area contributed by atoms with E-state index in [9.17, 15) is 4.79 Å². The fraction of sp³-hybridized carbons (Fsp3) is 0.550. The Morgan fingerprint density at radius 3 is 2.93 bits per heavy atom. The number of likely N-dealkylation sites (N-methyl/N-ethyl adjacent to an activating group) is 1. The number of morpholine rings is 1. The van der Waals surface area contributed by atoms with Crippen molar-refractivity contribution in [1.82, 2.24) is 15.0 Å². The molecular weight excluding hydrogens is 374 g/mol. The molecule has 0 bridgehead atoms. The second kappa shape index (κ2) is 7.22. The molecule has 2 atom stereocenters. The predicted molar refractivity (Wildman–Crippen MR) is 105 cm³/mol. The van der Waals surface area contributed by atoms with Gasteiger partial charge in [-0.25, -0.2) is 4.79 Å².